The lowest BCUT2D eigenvalue weighted by Crippen LogP contribution is -2.29. The maximum atomic E-state index is 13.8. The van der Waals surface area contributed by atoms with Gasteiger partial charge in [0.1, 0.15) is 23.5 Å². The number of anilines is 2. The first-order valence-electron chi connectivity index (χ1n) is 21.5. The van der Waals surface area contributed by atoms with Gasteiger partial charge in [-0.1, -0.05) is 35.9 Å². The Kier molecular flexibility index (Phi) is 12.8. The quantitative estimate of drug-likeness (QED) is 0.164. The van der Waals surface area contributed by atoms with Crippen molar-refractivity contribution in [3.05, 3.63) is 148 Å². The van der Waals surface area contributed by atoms with E-state index in [9.17, 15) is 13.9 Å². The van der Waals surface area contributed by atoms with Crippen LogP contribution in [0.2, 0.25) is 5.02 Å². The van der Waals surface area contributed by atoms with Crippen LogP contribution in [0.4, 0.5) is 20.2 Å². The number of aliphatic hydroxyl groups excluding tert-OH is 1. The van der Waals surface area contributed by atoms with E-state index in [2.05, 4.69) is 46.2 Å². The predicted molar refractivity (Wildman–Crippen MR) is 247 cm³/mol. The van der Waals surface area contributed by atoms with Gasteiger partial charge in [0.2, 0.25) is 0 Å². The predicted octanol–water partition coefficient (Wildman–Crippen LogP) is 13.5. The van der Waals surface area contributed by atoms with Crippen molar-refractivity contribution < 1.29 is 18.6 Å². The molecule has 2 aliphatic rings. The van der Waals surface area contributed by atoms with Gasteiger partial charge in [-0.05, 0) is 173 Å². The third-order valence-corrected chi connectivity index (χ3v) is 12.3. The smallest absolute Gasteiger partial charge is 0.123 e. The first kappa shape index (κ1) is 42.1. The minimum absolute atomic E-state index is 0.250. The number of halogens is 3. The average Bonchev–Trinajstić information content (AvgIpc) is 3.27. The molecule has 0 saturated carbocycles. The summed E-state index contributed by atoms with van der Waals surface area (Å²) in [6.07, 6.45) is 6.52. The molecule has 5 aromatic carbocycles. The van der Waals surface area contributed by atoms with Crippen LogP contribution < -0.4 is 14.5 Å². The molecule has 6 nitrogen and oxygen atoms in total. The molecule has 2 atom stereocenters. The van der Waals surface area contributed by atoms with E-state index in [1.807, 2.05) is 57.2 Å². The highest BCUT2D eigenvalue weighted by Crippen LogP contribution is 2.41. The van der Waals surface area contributed by atoms with Gasteiger partial charge in [-0.2, -0.15) is 0 Å². The SMILES string of the molecule is Cc1nc2ccc(N3CCCCC3)cc2c(-c2ccc(F)cc2)c1C(C)O.Cc1nc2ccc(N3CCCCC3)cc2c(-c2ccc(F)cc2)c1C(C)Oc1ccc(Cl)cc1. The molecule has 1 N–H and O–H groups in total. The van der Waals surface area contributed by atoms with Crippen LogP contribution in [0.5, 0.6) is 5.75 Å². The average molecular weight is 839 g/mol. The lowest BCUT2D eigenvalue weighted by Gasteiger charge is -2.29. The Labute approximate surface area is 362 Å². The van der Waals surface area contributed by atoms with Crippen LogP contribution in [0.1, 0.15) is 87.1 Å². The standard InChI is InChI=1S/C29H28ClFN2O.C23H25FN2O/c1-19-28(20(2)34-25-13-8-22(30)9-14-25)29(21-6-10-23(31)11-7-21)26-18-24(12-15-27(26)32-19)33-16-4-3-5-17-33;1-15-22(16(2)27)23(17-6-8-18(24)9-7-17)20-14-19(10-11-21(20)25-15)26-12-4-3-5-13-26/h6-15,18,20H,3-5,16-17H2,1-2H3;6-11,14,16,27H,3-5,12-13H2,1-2H3. The molecule has 9 heteroatoms. The van der Waals surface area contributed by atoms with Gasteiger partial charge in [-0.15, -0.1) is 0 Å². The monoisotopic (exact) mass is 838 g/mol. The summed E-state index contributed by atoms with van der Waals surface area (Å²) >= 11 is 6.05. The Morgan fingerprint density at radius 2 is 1.00 bits per heavy atom. The van der Waals surface area contributed by atoms with Crippen molar-refractivity contribution in [3.63, 3.8) is 0 Å². The van der Waals surface area contributed by atoms with E-state index >= 15 is 0 Å². The summed E-state index contributed by atoms with van der Waals surface area (Å²) in [5.74, 6) is 0.227. The summed E-state index contributed by atoms with van der Waals surface area (Å²) in [7, 11) is 0. The van der Waals surface area contributed by atoms with Crippen LogP contribution in [0.25, 0.3) is 44.1 Å². The molecule has 0 spiro atoms. The number of aliphatic hydroxyl groups is 1. The number of benzene rings is 5. The molecule has 0 radical (unpaired) electrons. The van der Waals surface area contributed by atoms with Crippen molar-refractivity contribution in [1.29, 1.82) is 0 Å². The maximum absolute atomic E-state index is 13.8. The van der Waals surface area contributed by atoms with Crippen LogP contribution in [0.3, 0.4) is 0 Å². The van der Waals surface area contributed by atoms with E-state index < -0.39 is 6.10 Å². The van der Waals surface area contributed by atoms with E-state index in [0.717, 1.165) is 98.5 Å². The van der Waals surface area contributed by atoms with Crippen LogP contribution >= 0.6 is 11.6 Å². The molecule has 2 unspecified atom stereocenters. The molecule has 61 heavy (non-hydrogen) atoms. The van der Waals surface area contributed by atoms with Gasteiger partial charge >= 0.3 is 0 Å². The number of hydrogen-bond donors (Lipinski definition) is 1. The van der Waals surface area contributed by atoms with Gasteiger partial charge in [0.25, 0.3) is 0 Å². The minimum Gasteiger partial charge on any atom is -0.486 e. The lowest BCUT2D eigenvalue weighted by molar-refractivity contribution is 0.199. The normalized spacial score (nSPS) is 15.3. The van der Waals surface area contributed by atoms with Crippen LogP contribution in [0.15, 0.2) is 109 Å². The first-order chi connectivity index (χ1) is 29.5. The summed E-state index contributed by atoms with van der Waals surface area (Å²) in [6.45, 7) is 12.0. The van der Waals surface area contributed by atoms with Gasteiger partial charge in [-0.25, -0.2) is 8.78 Å². The number of ether oxygens (including phenoxy) is 1. The number of nitrogens with zero attached hydrogens (tertiary/aromatic N) is 4. The van der Waals surface area contributed by atoms with Crippen LogP contribution in [-0.2, 0) is 0 Å². The fraction of sp³-hybridized carbons (Fsp3) is 0.308. The summed E-state index contributed by atoms with van der Waals surface area (Å²) in [5.41, 5.74) is 11.6. The van der Waals surface area contributed by atoms with Gasteiger partial charge in [-0.3, -0.25) is 9.97 Å². The molecular weight excluding hydrogens is 786 g/mol. The molecule has 2 aliphatic heterocycles. The Bertz CT molecular complexity index is 2620. The van der Waals surface area contributed by atoms with Gasteiger partial charge in [0, 0.05) is 75.9 Å². The molecule has 314 valence electrons. The number of rotatable bonds is 8. The van der Waals surface area contributed by atoms with E-state index in [1.54, 1.807) is 19.1 Å². The second-order valence-corrected chi connectivity index (χ2v) is 16.8. The highest BCUT2D eigenvalue weighted by Gasteiger charge is 2.23. The Morgan fingerprint density at radius 3 is 1.44 bits per heavy atom. The minimum atomic E-state index is -0.652. The van der Waals surface area contributed by atoms with Gasteiger partial charge < -0.3 is 19.6 Å². The second kappa shape index (κ2) is 18.6. The summed E-state index contributed by atoms with van der Waals surface area (Å²) < 4.78 is 33.7. The van der Waals surface area contributed by atoms with E-state index in [4.69, 9.17) is 26.3 Å². The summed E-state index contributed by atoms with van der Waals surface area (Å²) in [5, 5.41) is 13.2. The topological polar surface area (TPSA) is 61.7 Å². The largest absolute Gasteiger partial charge is 0.486 e. The fourth-order valence-electron chi connectivity index (χ4n) is 9.11. The molecule has 0 aliphatic carbocycles. The molecule has 2 saturated heterocycles. The zero-order chi connectivity index (χ0) is 42.6. The fourth-order valence-corrected chi connectivity index (χ4v) is 9.24. The van der Waals surface area contributed by atoms with Crippen molar-refractivity contribution in [3.8, 4) is 28.0 Å². The molecule has 7 aromatic rings. The zero-order valence-electron chi connectivity index (χ0n) is 35.4. The third kappa shape index (κ3) is 9.36. The number of aromatic nitrogens is 2. The van der Waals surface area contributed by atoms with Crippen molar-refractivity contribution in [2.45, 2.75) is 78.4 Å². The third-order valence-electron chi connectivity index (χ3n) is 12.1. The van der Waals surface area contributed by atoms with Crippen molar-refractivity contribution in [1.82, 2.24) is 9.97 Å². The lowest BCUT2D eigenvalue weighted by atomic mass is 9.91. The van der Waals surface area contributed by atoms with E-state index in [1.165, 1.54) is 74.2 Å². The molecule has 2 aromatic heterocycles. The van der Waals surface area contributed by atoms with Crippen molar-refractivity contribution >= 4 is 44.8 Å². The Hall–Kier alpha value is -5.57. The van der Waals surface area contributed by atoms with Crippen LogP contribution in [0, 0.1) is 25.5 Å². The highest BCUT2D eigenvalue weighted by molar-refractivity contribution is 6.30. The molecule has 4 heterocycles. The van der Waals surface area contributed by atoms with Gasteiger partial charge in [0.05, 0.1) is 17.1 Å². The molecule has 0 amide bonds. The number of pyridine rings is 2. The number of fused-ring (bicyclic) bond motifs is 2. The summed E-state index contributed by atoms with van der Waals surface area (Å²) in [6, 6.07) is 33.5. The molecule has 0 bridgehead atoms. The first-order valence-corrected chi connectivity index (χ1v) is 21.9. The number of hydrogen-bond acceptors (Lipinski definition) is 6. The Balaban J connectivity index is 0.000000173. The van der Waals surface area contributed by atoms with E-state index in [-0.39, 0.29) is 17.7 Å². The molecule has 9 rings (SSSR count). The Morgan fingerprint density at radius 1 is 0.574 bits per heavy atom. The number of piperidine rings is 2. The zero-order valence-corrected chi connectivity index (χ0v) is 36.2. The number of aryl methyl sites for hydroxylation is 2. The van der Waals surface area contributed by atoms with Crippen molar-refractivity contribution in [2.75, 3.05) is 36.0 Å². The van der Waals surface area contributed by atoms with E-state index in [0.29, 0.717) is 5.02 Å². The maximum Gasteiger partial charge on any atom is 0.123 e. The van der Waals surface area contributed by atoms with Gasteiger partial charge in [0.15, 0.2) is 0 Å². The molecule has 2 fully saturated rings. The van der Waals surface area contributed by atoms with Crippen molar-refractivity contribution in [2.24, 2.45) is 0 Å². The van der Waals surface area contributed by atoms with Crippen LogP contribution in [-0.4, -0.2) is 41.3 Å². The highest BCUT2D eigenvalue weighted by atomic mass is 35.5. The molecular formula is C52H53ClF2N4O2. The summed E-state index contributed by atoms with van der Waals surface area (Å²) in [4.78, 5) is 14.5. The second-order valence-electron chi connectivity index (χ2n) is 16.4.